The number of esters is 1. The highest BCUT2D eigenvalue weighted by Crippen LogP contribution is 2.21. The molecule has 0 aromatic heterocycles. The zero-order valence-corrected chi connectivity index (χ0v) is 13.3. The molecule has 0 unspecified atom stereocenters. The summed E-state index contributed by atoms with van der Waals surface area (Å²) in [7, 11) is 0. The first kappa shape index (κ1) is 18.1. The van der Waals surface area contributed by atoms with Gasteiger partial charge in [-0.1, -0.05) is 36.4 Å². The van der Waals surface area contributed by atoms with Crippen molar-refractivity contribution in [2.75, 3.05) is 11.9 Å². The molecule has 8 heteroatoms. The minimum atomic E-state index is -1.49. The minimum absolute atomic E-state index is 0.169. The summed E-state index contributed by atoms with van der Waals surface area (Å²) in [6.07, 6.45) is -1.49. The molecule has 0 saturated carbocycles. The molecule has 1 amide bonds. The van der Waals surface area contributed by atoms with E-state index in [1.54, 1.807) is 37.3 Å². The molecule has 0 spiro atoms. The summed E-state index contributed by atoms with van der Waals surface area (Å²) >= 11 is 0. The number of anilines is 1. The standard InChI is InChI=1S/C17H16N2O6/c1-11-7-8-13(19(23)24)9-14(11)18-15(20)10-25-17(22)16(21)12-5-3-2-4-6-12/h2-9,16,21H,10H2,1H3,(H,18,20)/t16-/m0/s1. The first-order valence-electron chi connectivity index (χ1n) is 7.33. The van der Waals surface area contributed by atoms with Gasteiger partial charge in [-0.15, -0.1) is 0 Å². The summed E-state index contributed by atoms with van der Waals surface area (Å²) in [6.45, 7) is 1.05. The van der Waals surface area contributed by atoms with Gasteiger partial charge in [0.2, 0.25) is 0 Å². The number of nitro groups is 1. The zero-order valence-electron chi connectivity index (χ0n) is 13.3. The summed E-state index contributed by atoms with van der Waals surface area (Å²) in [5, 5.41) is 23.1. The number of rotatable bonds is 6. The minimum Gasteiger partial charge on any atom is -0.453 e. The molecule has 0 fully saturated rings. The first-order valence-corrected chi connectivity index (χ1v) is 7.33. The van der Waals surface area contributed by atoms with Crippen molar-refractivity contribution in [3.63, 3.8) is 0 Å². The molecule has 0 aliphatic carbocycles. The molecule has 8 nitrogen and oxygen atoms in total. The van der Waals surface area contributed by atoms with Crippen LogP contribution >= 0.6 is 0 Å². The third-order valence-corrected chi connectivity index (χ3v) is 3.39. The van der Waals surface area contributed by atoms with Crippen molar-refractivity contribution in [3.8, 4) is 0 Å². The Balaban J connectivity index is 1.94. The molecule has 2 rings (SSSR count). The number of aryl methyl sites for hydroxylation is 1. The van der Waals surface area contributed by atoms with Gasteiger partial charge in [-0.2, -0.15) is 0 Å². The molecular weight excluding hydrogens is 328 g/mol. The number of ether oxygens (including phenoxy) is 1. The predicted octanol–water partition coefficient (Wildman–Crippen LogP) is 2.12. The Hall–Kier alpha value is -3.26. The Kier molecular flexibility index (Phi) is 5.80. The number of carbonyl (C=O) groups is 2. The zero-order chi connectivity index (χ0) is 18.4. The second kappa shape index (κ2) is 8.02. The normalized spacial score (nSPS) is 11.4. The number of hydrogen-bond donors (Lipinski definition) is 2. The van der Waals surface area contributed by atoms with E-state index < -0.39 is 29.5 Å². The van der Waals surface area contributed by atoms with E-state index in [4.69, 9.17) is 4.74 Å². The average Bonchev–Trinajstić information content (AvgIpc) is 2.61. The second-order valence-electron chi connectivity index (χ2n) is 5.23. The van der Waals surface area contributed by atoms with E-state index in [1.807, 2.05) is 0 Å². The summed E-state index contributed by atoms with van der Waals surface area (Å²) in [5.41, 5.74) is 1.05. The maximum atomic E-state index is 11.9. The first-order chi connectivity index (χ1) is 11.9. The van der Waals surface area contributed by atoms with Crippen LogP contribution in [-0.2, 0) is 14.3 Å². The van der Waals surface area contributed by atoms with E-state index in [1.165, 1.54) is 18.2 Å². The fourth-order valence-corrected chi connectivity index (χ4v) is 2.03. The lowest BCUT2D eigenvalue weighted by Gasteiger charge is -2.12. The number of non-ortho nitro benzene ring substituents is 1. The SMILES string of the molecule is Cc1ccc([N+](=O)[O-])cc1NC(=O)COC(=O)[C@@H](O)c1ccccc1. The fourth-order valence-electron chi connectivity index (χ4n) is 2.03. The molecule has 2 aromatic rings. The molecule has 0 aliphatic heterocycles. The van der Waals surface area contributed by atoms with Crippen molar-refractivity contribution < 1.29 is 24.4 Å². The summed E-state index contributed by atoms with van der Waals surface area (Å²) in [6, 6.07) is 12.2. The van der Waals surface area contributed by atoms with E-state index in [0.29, 0.717) is 11.1 Å². The lowest BCUT2D eigenvalue weighted by Crippen LogP contribution is -2.24. The number of aliphatic hydroxyl groups excluding tert-OH is 1. The number of aliphatic hydroxyl groups is 1. The van der Waals surface area contributed by atoms with Crippen molar-refractivity contribution in [2.24, 2.45) is 0 Å². The molecule has 2 N–H and O–H groups in total. The van der Waals surface area contributed by atoms with Crippen molar-refractivity contribution >= 4 is 23.3 Å². The fraction of sp³-hybridized carbons (Fsp3) is 0.176. The van der Waals surface area contributed by atoms with E-state index in [-0.39, 0.29) is 11.4 Å². The van der Waals surface area contributed by atoms with Crippen molar-refractivity contribution in [1.82, 2.24) is 0 Å². The number of nitrogens with zero attached hydrogens (tertiary/aromatic N) is 1. The van der Waals surface area contributed by atoms with Gasteiger partial charge in [0, 0.05) is 12.1 Å². The molecule has 25 heavy (non-hydrogen) atoms. The number of amides is 1. The van der Waals surface area contributed by atoms with E-state index in [0.717, 1.165) is 0 Å². The molecule has 0 radical (unpaired) electrons. The lowest BCUT2D eigenvalue weighted by molar-refractivity contribution is -0.384. The van der Waals surface area contributed by atoms with Gasteiger partial charge in [0.25, 0.3) is 11.6 Å². The van der Waals surface area contributed by atoms with Crippen molar-refractivity contribution in [1.29, 1.82) is 0 Å². The van der Waals surface area contributed by atoms with E-state index in [2.05, 4.69) is 5.32 Å². The van der Waals surface area contributed by atoms with Crippen LogP contribution in [0.1, 0.15) is 17.2 Å². The van der Waals surface area contributed by atoms with E-state index in [9.17, 15) is 24.8 Å². The maximum absolute atomic E-state index is 11.9. The Morgan fingerprint density at radius 1 is 1.24 bits per heavy atom. The molecule has 130 valence electrons. The highest BCUT2D eigenvalue weighted by Gasteiger charge is 2.20. The van der Waals surface area contributed by atoms with Crippen LogP contribution in [0.25, 0.3) is 0 Å². The van der Waals surface area contributed by atoms with Crippen LogP contribution in [0.3, 0.4) is 0 Å². The van der Waals surface area contributed by atoms with E-state index >= 15 is 0 Å². The van der Waals surface area contributed by atoms with Gasteiger partial charge in [0.1, 0.15) is 0 Å². The predicted molar refractivity (Wildman–Crippen MR) is 88.8 cm³/mol. The second-order valence-corrected chi connectivity index (χ2v) is 5.23. The van der Waals surface area contributed by atoms with Gasteiger partial charge in [0.15, 0.2) is 12.7 Å². The molecular formula is C17H16N2O6. The van der Waals surface area contributed by atoms with Crippen LogP contribution in [0.15, 0.2) is 48.5 Å². The molecule has 2 aromatic carbocycles. The van der Waals surface area contributed by atoms with Gasteiger partial charge >= 0.3 is 5.97 Å². The van der Waals surface area contributed by atoms with Gasteiger partial charge in [-0.05, 0) is 18.1 Å². The monoisotopic (exact) mass is 344 g/mol. The number of nitrogens with one attached hydrogen (secondary N) is 1. The van der Waals surface area contributed by atoms with Gasteiger partial charge in [-0.25, -0.2) is 4.79 Å². The Labute approximate surface area is 143 Å². The third kappa shape index (κ3) is 4.85. The Morgan fingerprint density at radius 2 is 1.92 bits per heavy atom. The largest absolute Gasteiger partial charge is 0.453 e. The van der Waals surface area contributed by atoms with Crippen LogP contribution < -0.4 is 5.32 Å². The molecule has 1 atom stereocenters. The lowest BCUT2D eigenvalue weighted by atomic mass is 10.1. The van der Waals surface area contributed by atoms with Gasteiger partial charge < -0.3 is 15.2 Å². The third-order valence-electron chi connectivity index (χ3n) is 3.39. The number of carbonyl (C=O) groups excluding carboxylic acids is 2. The Morgan fingerprint density at radius 3 is 2.56 bits per heavy atom. The highest BCUT2D eigenvalue weighted by molar-refractivity contribution is 5.94. The quantitative estimate of drug-likeness (QED) is 0.471. The number of nitro benzene ring substituents is 1. The number of benzene rings is 2. The van der Waals surface area contributed by atoms with Crippen molar-refractivity contribution in [2.45, 2.75) is 13.0 Å². The van der Waals surface area contributed by atoms with Gasteiger partial charge in [0.05, 0.1) is 10.6 Å². The topological polar surface area (TPSA) is 119 Å². The highest BCUT2D eigenvalue weighted by atomic mass is 16.6. The number of hydrogen-bond acceptors (Lipinski definition) is 6. The van der Waals surface area contributed by atoms with Crippen LogP contribution in [-0.4, -0.2) is 28.5 Å². The Bertz CT molecular complexity index is 791. The van der Waals surface area contributed by atoms with Crippen LogP contribution in [0.5, 0.6) is 0 Å². The summed E-state index contributed by atoms with van der Waals surface area (Å²) in [5.74, 6) is -1.63. The molecule has 0 aliphatic rings. The van der Waals surface area contributed by atoms with Crippen molar-refractivity contribution in [3.05, 3.63) is 69.8 Å². The van der Waals surface area contributed by atoms with Gasteiger partial charge in [-0.3, -0.25) is 14.9 Å². The molecule has 0 saturated heterocycles. The molecule has 0 bridgehead atoms. The molecule has 0 heterocycles. The summed E-state index contributed by atoms with van der Waals surface area (Å²) < 4.78 is 4.77. The smallest absolute Gasteiger partial charge is 0.340 e. The van der Waals surface area contributed by atoms with Crippen LogP contribution in [0.2, 0.25) is 0 Å². The summed E-state index contributed by atoms with van der Waals surface area (Å²) in [4.78, 5) is 33.8. The van der Waals surface area contributed by atoms with Crippen LogP contribution in [0, 0.1) is 17.0 Å². The van der Waals surface area contributed by atoms with Crippen LogP contribution in [0.4, 0.5) is 11.4 Å². The average molecular weight is 344 g/mol. The maximum Gasteiger partial charge on any atom is 0.340 e.